The number of nitrogens with two attached hydrogens (primary N) is 1. The van der Waals surface area contributed by atoms with Crippen LogP contribution in [0.15, 0.2) is 5.16 Å². The Hall–Kier alpha value is -1.30. The van der Waals surface area contributed by atoms with Crippen molar-refractivity contribution in [2.75, 3.05) is 13.1 Å². The van der Waals surface area contributed by atoms with Crippen LogP contribution < -0.4 is 16.4 Å². The molecule has 5 N–H and O–H groups in total. The van der Waals surface area contributed by atoms with Gasteiger partial charge in [0.15, 0.2) is 0 Å². The van der Waals surface area contributed by atoms with E-state index in [2.05, 4.69) is 15.8 Å². The molecule has 0 bridgehead atoms. The van der Waals surface area contributed by atoms with E-state index in [1.165, 1.54) is 0 Å². The van der Waals surface area contributed by atoms with E-state index in [0.29, 0.717) is 6.54 Å². The van der Waals surface area contributed by atoms with Crippen LogP contribution in [0, 0.1) is 5.41 Å². The Morgan fingerprint density at radius 3 is 2.58 bits per heavy atom. The van der Waals surface area contributed by atoms with Crippen LogP contribution in [-0.4, -0.2) is 36.1 Å². The first-order valence-corrected chi connectivity index (χ1v) is 6.84. The Bertz CT molecular complexity index is 303. The zero-order chi connectivity index (χ0) is 14.9. The first-order chi connectivity index (χ1) is 8.85. The molecule has 0 saturated carbocycles. The Kier molecular flexibility index (Phi) is 8.14. The van der Waals surface area contributed by atoms with Crippen LogP contribution in [0.25, 0.3) is 0 Å². The van der Waals surface area contributed by atoms with Gasteiger partial charge in [0.05, 0.1) is 6.04 Å². The van der Waals surface area contributed by atoms with Gasteiger partial charge in [0.2, 0.25) is 5.91 Å². The molecule has 0 aliphatic carbocycles. The summed E-state index contributed by atoms with van der Waals surface area (Å²) in [7, 11) is 0. The summed E-state index contributed by atoms with van der Waals surface area (Å²) < 4.78 is 0. The fourth-order valence-electron chi connectivity index (χ4n) is 1.61. The summed E-state index contributed by atoms with van der Waals surface area (Å²) >= 11 is 0. The lowest BCUT2D eigenvalue weighted by molar-refractivity contribution is -0.122. The largest absolute Gasteiger partial charge is 0.409 e. The lowest BCUT2D eigenvalue weighted by Gasteiger charge is -2.23. The molecule has 0 radical (unpaired) electrons. The van der Waals surface area contributed by atoms with Crippen molar-refractivity contribution in [1.29, 1.82) is 0 Å². The van der Waals surface area contributed by atoms with E-state index < -0.39 is 0 Å². The van der Waals surface area contributed by atoms with Crippen LogP contribution in [0.3, 0.4) is 0 Å². The van der Waals surface area contributed by atoms with Crippen molar-refractivity contribution in [3.05, 3.63) is 0 Å². The molecule has 0 aliphatic heterocycles. The van der Waals surface area contributed by atoms with Crippen molar-refractivity contribution in [1.82, 2.24) is 10.6 Å². The van der Waals surface area contributed by atoms with Gasteiger partial charge in [-0.25, -0.2) is 0 Å². The molecule has 0 saturated heterocycles. The molecule has 0 aromatic carbocycles. The zero-order valence-electron chi connectivity index (χ0n) is 12.5. The Labute approximate surface area is 115 Å². The first kappa shape index (κ1) is 17.7. The van der Waals surface area contributed by atoms with E-state index in [1.54, 1.807) is 0 Å². The molecular weight excluding hydrogens is 244 g/mol. The van der Waals surface area contributed by atoms with Gasteiger partial charge in [-0.15, -0.1) is 0 Å². The molecule has 0 fully saturated rings. The van der Waals surface area contributed by atoms with Crippen molar-refractivity contribution in [3.63, 3.8) is 0 Å². The smallest absolute Gasteiger partial charge is 0.236 e. The minimum absolute atomic E-state index is 0.0255. The summed E-state index contributed by atoms with van der Waals surface area (Å²) in [6.45, 7) is 9.16. The molecule has 19 heavy (non-hydrogen) atoms. The van der Waals surface area contributed by atoms with E-state index in [-0.39, 0.29) is 23.2 Å². The summed E-state index contributed by atoms with van der Waals surface area (Å²) in [5, 5.41) is 17.7. The predicted molar refractivity (Wildman–Crippen MR) is 77.2 cm³/mol. The van der Waals surface area contributed by atoms with Crippen molar-refractivity contribution in [3.8, 4) is 0 Å². The molecule has 0 aromatic rings. The summed E-state index contributed by atoms with van der Waals surface area (Å²) in [6.07, 6.45) is 2.58. The van der Waals surface area contributed by atoms with Crippen LogP contribution in [0.1, 0.15) is 47.0 Å². The molecule has 1 unspecified atom stereocenters. The highest BCUT2D eigenvalue weighted by atomic mass is 16.4. The molecule has 0 aromatic heterocycles. The van der Waals surface area contributed by atoms with Gasteiger partial charge < -0.3 is 21.6 Å². The van der Waals surface area contributed by atoms with Gasteiger partial charge in [-0.3, -0.25) is 4.79 Å². The van der Waals surface area contributed by atoms with Crippen LogP contribution in [0.4, 0.5) is 0 Å². The van der Waals surface area contributed by atoms with Gasteiger partial charge in [-0.2, -0.15) is 0 Å². The van der Waals surface area contributed by atoms with E-state index in [1.807, 2.05) is 27.7 Å². The predicted octanol–water partition coefficient (Wildman–Crippen LogP) is 1.04. The summed E-state index contributed by atoms with van der Waals surface area (Å²) in [5.74, 6) is 0.263. The van der Waals surface area contributed by atoms with Crippen LogP contribution in [-0.2, 0) is 4.79 Å². The highest BCUT2D eigenvalue weighted by molar-refractivity contribution is 5.85. The highest BCUT2D eigenvalue weighted by Crippen LogP contribution is 2.21. The van der Waals surface area contributed by atoms with Crippen LogP contribution in [0.5, 0.6) is 0 Å². The third kappa shape index (κ3) is 7.00. The summed E-state index contributed by atoms with van der Waals surface area (Å²) in [5.41, 5.74) is 5.28. The Morgan fingerprint density at radius 1 is 1.42 bits per heavy atom. The van der Waals surface area contributed by atoms with Gasteiger partial charge in [-0.05, 0) is 32.7 Å². The standard InChI is InChI=1S/C13H28N4O2/c1-5-8-16-11(18)10(2)15-9-6-7-13(3,4)12(14)17-19/h10,15,19H,5-9H2,1-4H3,(H2,14,17)(H,16,18). The van der Waals surface area contributed by atoms with Gasteiger partial charge in [0.1, 0.15) is 5.84 Å². The Balaban J connectivity index is 3.89. The second-order valence-electron chi connectivity index (χ2n) is 5.44. The molecule has 0 aliphatic rings. The molecule has 0 heterocycles. The molecule has 1 amide bonds. The number of carbonyl (C=O) groups excluding carboxylic acids is 1. The van der Waals surface area contributed by atoms with Crippen LogP contribution >= 0.6 is 0 Å². The number of carbonyl (C=O) groups is 1. The third-order valence-corrected chi connectivity index (χ3v) is 3.17. The van der Waals surface area contributed by atoms with Crippen molar-refractivity contribution in [2.24, 2.45) is 16.3 Å². The average Bonchev–Trinajstić information content (AvgIpc) is 2.39. The molecule has 1 atom stereocenters. The van der Waals surface area contributed by atoms with Crippen molar-refractivity contribution < 1.29 is 10.0 Å². The number of nitrogens with zero attached hydrogens (tertiary/aromatic N) is 1. The fourth-order valence-corrected chi connectivity index (χ4v) is 1.61. The first-order valence-electron chi connectivity index (χ1n) is 6.84. The zero-order valence-corrected chi connectivity index (χ0v) is 12.5. The van der Waals surface area contributed by atoms with Gasteiger partial charge >= 0.3 is 0 Å². The summed E-state index contributed by atoms with van der Waals surface area (Å²) in [6, 6.07) is -0.196. The maximum absolute atomic E-state index is 11.6. The molecule has 6 nitrogen and oxygen atoms in total. The second kappa shape index (κ2) is 8.74. The van der Waals surface area contributed by atoms with Gasteiger partial charge in [0, 0.05) is 12.0 Å². The SMILES string of the molecule is CCCNC(=O)C(C)NCCCC(C)(C)C(N)=NO. The quantitative estimate of drug-likeness (QED) is 0.166. The molecule has 0 rings (SSSR count). The number of hydrogen-bond acceptors (Lipinski definition) is 4. The number of rotatable bonds is 9. The minimum Gasteiger partial charge on any atom is -0.409 e. The molecule has 0 spiro atoms. The maximum atomic E-state index is 11.6. The topological polar surface area (TPSA) is 99.7 Å². The lowest BCUT2D eigenvalue weighted by atomic mass is 9.86. The van der Waals surface area contributed by atoms with Crippen LogP contribution in [0.2, 0.25) is 0 Å². The number of oxime groups is 1. The van der Waals surface area contributed by atoms with Crippen molar-refractivity contribution >= 4 is 11.7 Å². The molecular formula is C13H28N4O2. The average molecular weight is 272 g/mol. The highest BCUT2D eigenvalue weighted by Gasteiger charge is 2.23. The monoisotopic (exact) mass is 272 g/mol. The van der Waals surface area contributed by atoms with Gasteiger partial charge in [-0.1, -0.05) is 25.9 Å². The van der Waals surface area contributed by atoms with E-state index in [4.69, 9.17) is 10.9 Å². The number of amides is 1. The van der Waals surface area contributed by atoms with Crippen molar-refractivity contribution in [2.45, 2.75) is 53.0 Å². The summed E-state index contributed by atoms with van der Waals surface area (Å²) in [4.78, 5) is 11.6. The van der Waals surface area contributed by atoms with Gasteiger partial charge in [0.25, 0.3) is 0 Å². The normalized spacial score (nSPS) is 14.2. The van der Waals surface area contributed by atoms with E-state index in [9.17, 15) is 4.79 Å². The molecule has 6 heteroatoms. The third-order valence-electron chi connectivity index (χ3n) is 3.17. The van der Waals surface area contributed by atoms with E-state index in [0.717, 1.165) is 25.8 Å². The number of hydrogen-bond donors (Lipinski definition) is 4. The molecule has 112 valence electrons. The second-order valence-corrected chi connectivity index (χ2v) is 5.44. The number of nitrogens with one attached hydrogen (secondary N) is 2. The fraction of sp³-hybridized carbons (Fsp3) is 0.846. The minimum atomic E-state index is -0.329. The van der Waals surface area contributed by atoms with E-state index >= 15 is 0 Å². The number of amidine groups is 1. The Morgan fingerprint density at radius 2 is 2.05 bits per heavy atom. The maximum Gasteiger partial charge on any atom is 0.236 e. The lowest BCUT2D eigenvalue weighted by Crippen LogP contribution is -2.43.